The molecule has 0 saturated carbocycles. The van der Waals surface area contributed by atoms with Gasteiger partial charge in [-0.2, -0.15) is 0 Å². The van der Waals surface area contributed by atoms with Crippen LogP contribution < -0.4 is 5.73 Å². The average Bonchev–Trinajstić information content (AvgIpc) is 2.14. The predicted octanol–water partition coefficient (Wildman–Crippen LogP) is 0.253. The van der Waals surface area contributed by atoms with Crippen LogP contribution in [-0.4, -0.2) is 50.4 Å². The van der Waals surface area contributed by atoms with Crippen molar-refractivity contribution in [2.24, 2.45) is 11.1 Å². The fraction of sp³-hybridized carbons (Fsp3) is 0.909. The lowest BCUT2D eigenvalue weighted by molar-refractivity contribution is -0.133. The molecule has 0 rings (SSSR count). The second-order valence-electron chi connectivity index (χ2n) is 5.81. The van der Waals surface area contributed by atoms with E-state index in [-0.39, 0.29) is 5.41 Å². The van der Waals surface area contributed by atoms with Crippen LogP contribution in [0.25, 0.3) is 0 Å². The Kier molecular flexibility index (Phi) is 4.76. The highest BCUT2D eigenvalue weighted by atomic mass is 32.2. The third kappa shape index (κ3) is 3.96. The Morgan fingerprint density at radius 2 is 1.65 bits per heavy atom. The monoisotopic (exact) mass is 264 g/mol. The first-order chi connectivity index (χ1) is 7.35. The van der Waals surface area contributed by atoms with Gasteiger partial charge in [0.15, 0.2) is 9.84 Å². The van der Waals surface area contributed by atoms with Gasteiger partial charge in [-0.25, -0.2) is 8.42 Å². The maximum absolute atomic E-state index is 12.1. The summed E-state index contributed by atoms with van der Waals surface area (Å²) < 4.78 is 21.7. The topological polar surface area (TPSA) is 80.5 Å². The van der Waals surface area contributed by atoms with Crippen LogP contribution in [0.4, 0.5) is 0 Å². The summed E-state index contributed by atoms with van der Waals surface area (Å²) in [6, 6.07) is 0. The molecule has 1 amide bonds. The van der Waals surface area contributed by atoms with E-state index >= 15 is 0 Å². The van der Waals surface area contributed by atoms with Crippen LogP contribution in [0.1, 0.15) is 27.7 Å². The van der Waals surface area contributed by atoms with Crippen molar-refractivity contribution < 1.29 is 13.2 Å². The summed E-state index contributed by atoms with van der Waals surface area (Å²) in [7, 11) is -1.83. The number of rotatable bonds is 5. The van der Waals surface area contributed by atoms with Crippen LogP contribution >= 0.6 is 0 Å². The Balaban J connectivity index is 4.97. The molecule has 0 saturated heterocycles. The first-order valence-corrected chi connectivity index (χ1v) is 7.39. The van der Waals surface area contributed by atoms with Crippen LogP contribution in [0.5, 0.6) is 0 Å². The summed E-state index contributed by atoms with van der Waals surface area (Å²) in [6.45, 7) is 7.59. The van der Waals surface area contributed by atoms with Gasteiger partial charge in [-0.15, -0.1) is 0 Å². The molecule has 6 heteroatoms. The normalized spacial score (nSPS) is 13.6. The second-order valence-corrected chi connectivity index (χ2v) is 8.38. The molecule has 102 valence electrons. The number of carbonyl (C=O) groups is 1. The zero-order valence-corrected chi connectivity index (χ0v) is 12.4. The van der Waals surface area contributed by atoms with Gasteiger partial charge in [0.05, 0.1) is 0 Å². The third-order valence-electron chi connectivity index (χ3n) is 3.01. The minimum Gasteiger partial charge on any atom is -0.344 e. The predicted molar refractivity (Wildman–Crippen MR) is 69.4 cm³/mol. The van der Waals surface area contributed by atoms with Crippen LogP contribution in [-0.2, 0) is 14.6 Å². The van der Waals surface area contributed by atoms with Gasteiger partial charge in [0, 0.05) is 19.8 Å². The summed E-state index contributed by atoms with van der Waals surface area (Å²) in [5.74, 6) is -0.401. The highest BCUT2D eigenvalue weighted by molar-refractivity contribution is 7.92. The first kappa shape index (κ1) is 16.4. The lowest BCUT2D eigenvalue weighted by atomic mass is 9.93. The zero-order valence-electron chi connectivity index (χ0n) is 11.6. The maximum atomic E-state index is 12.1. The summed E-state index contributed by atoms with van der Waals surface area (Å²) in [4.78, 5) is 13.5. The molecule has 0 bridgehead atoms. The van der Waals surface area contributed by atoms with Crippen molar-refractivity contribution in [3.05, 3.63) is 0 Å². The van der Waals surface area contributed by atoms with E-state index in [4.69, 9.17) is 5.73 Å². The number of hydrogen-bond donors (Lipinski definition) is 1. The van der Waals surface area contributed by atoms with Crippen molar-refractivity contribution in [2.45, 2.75) is 32.4 Å². The lowest BCUT2D eigenvalue weighted by Gasteiger charge is -2.33. The molecule has 0 aromatic heterocycles. The Morgan fingerprint density at radius 1 is 1.24 bits per heavy atom. The molecular formula is C11H24N2O3S. The highest BCUT2D eigenvalue weighted by Gasteiger charge is 2.41. The molecule has 0 spiro atoms. The zero-order chi connectivity index (χ0) is 14.1. The number of hydrogen-bond acceptors (Lipinski definition) is 4. The van der Waals surface area contributed by atoms with Gasteiger partial charge in [-0.05, 0) is 25.8 Å². The van der Waals surface area contributed by atoms with E-state index < -0.39 is 20.5 Å². The SMILES string of the molecule is CN(CC(C)(C)CN)C(=O)C(C)(C)S(C)(=O)=O. The number of nitrogens with two attached hydrogens (primary N) is 1. The van der Waals surface area contributed by atoms with Crippen molar-refractivity contribution >= 4 is 15.7 Å². The summed E-state index contributed by atoms with van der Waals surface area (Å²) in [5.41, 5.74) is 5.37. The van der Waals surface area contributed by atoms with Gasteiger partial charge in [-0.3, -0.25) is 4.79 Å². The second kappa shape index (κ2) is 4.94. The summed E-state index contributed by atoms with van der Waals surface area (Å²) in [6.07, 6.45) is 1.08. The van der Waals surface area contributed by atoms with Crippen molar-refractivity contribution in [3.63, 3.8) is 0 Å². The molecule has 2 N–H and O–H groups in total. The highest BCUT2D eigenvalue weighted by Crippen LogP contribution is 2.21. The minimum atomic E-state index is -3.43. The van der Waals surface area contributed by atoms with Gasteiger partial charge < -0.3 is 10.6 Å². The molecule has 0 fully saturated rings. The quantitative estimate of drug-likeness (QED) is 0.772. The van der Waals surface area contributed by atoms with Crippen molar-refractivity contribution in [2.75, 3.05) is 26.4 Å². The van der Waals surface area contributed by atoms with E-state index in [1.54, 1.807) is 7.05 Å². The Bertz CT molecular complexity index is 386. The number of carbonyl (C=O) groups excluding carboxylic acids is 1. The van der Waals surface area contributed by atoms with Crippen LogP contribution in [0.15, 0.2) is 0 Å². The van der Waals surface area contributed by atoms with Crippen molar-refractivity contribution in [1.82, 2.24) is 4.90 Å². The van der Waals surface area contributed by atoms with Gasteiger partial charge in [0.2, 0.25) is 5.91 Å². The molecule has 0 heterocycles. The van der Waals surface area contributed by atoms with Crippen LogP contribution in [0.3, 0.4) is 0 Å². The molecule has 0 aliphatic heterocycles. The number of sulfone groups is 1. The first-order valence-electron chi connectivity index (χ1n) is 5.50. The molecule has 0 aliphatic rings. The van der Waals surface area contributed by atoms with Crippen molar-refractivity contribution in [1.29, 1.82) is 0 Å². The lowest BCUT2D eigenvalue weighted by Crippen LogP contribution is -2.51. The van der Waals surface area contributed by atoms with E-state index in [9.17, 15) is 13.2 Å². The van der Waals surface area contributed by atoms with Crippen molar-refractivity contribution in [3.8, 4) is 0 Å². The Labute approximate surface area is 104 Å². The fourth-order valence-corrected chi connectivity index (χ4v) is 1.87. The van der Waals surface area contributed by atoms with Gasteiger partial charge >= 0.3 is 0 Å². The molecule has 0 aliphatic carbocycles. The molecule has 0 aromatic rings. The summed E-state index contributed by atoms with van der Waals surface area (Å²) >= 11 is 0. The van der Waals surface area contributed by atoms with E-state index in [0.717, 1.165) is 6.26 Å². The smallest absolute Gasteiger partial charge is 0.243 e. The average molecular weight is 264 g/mol. The Morgan fingerprint density at radius 3 is 1.94 bits per heavy atom. The van der Waals surface area contributed by atoms with E-state index in [1.807, 2.05) is 13.8 Å². The van der Waals surface area contributed by atoms with Crippen LogP contribution in [0, 0.1) is 5.41 Å². The number of nitrogens with zero attached hydrogens (tertiary/aromatic N) is 1. The standard InChI is InChI=1S/C11H24N2O3S/c1-10(2,7-12)8-13(5)9(14)11(3,4)17(6,15)16/h7-8,12H2,1-6H3. The van der Waals surface area contributed by atoms with Gasteiger partial charge in [-0.1, -0.05) is 13.8 Å². The Hall–Kier alpha value is -0.620. The number of amides is 1. The van der Waals surface area contributed by atoms with E-state index in [2.05, 4.69) is 0 Å². The molecule has 0 aromatic carbocycles. The molecule has 5 nitrogen and oxygen atoms in total. The van der Waals surface area contributed by atoms with E-state index in [0.29, 0.717) is 13.1 Å². The largest absolute Gasteiger partial charge is 0.344 e. The van der Waals surface area contributed by atoms with Crippen LogP contribution in [0.2, 0.25) is 0 Å². The minimum absolute atomic E-state index is 0.224. The molecule has 0 atom stereocenters. The van der Waals surface area contributed by atoms with Gasteiger partial charge in [0.1, 0.15) is 4.75 Å². The fourth-order valence-electron chi connectivity index (χ4n) is 1.40. The molecule has 17 heavy (non-hydrogen) atoms. The summed E-state index contributed by atoms with van der Waals surface area (Å²) in [5, 5.41) is 0. The van der Waals surface area contributed by atoms with Gasteiger partial charge in [0.25, 0.3) is 0 Å². The maximum Gasteiger partial charge on any atom is 0.243 e. The molecular weight excluding hydrogens is 240 g/mol. The third-order valence-corrected chi connectivity index (χ3v) is 5.04. The van der Waals surface area contributed by atoms with E-state index in [1.165, 1.54) is 18.7 Å². The molecule has 0 unspecified atom stereocenters. The molecule has 0 radical (unpaired) electrons.